The van der Waals surface area contributed by atoms with Crippen molar-refractivity contribution < 1.29 is 23.1 Å². The van der Waals surface area contributed by atoms with Gasteiger partial charge in [0, 0.05) is 11.1 Å². The van der Waals surface area contributed by atoms with Crippen LogP contribution in [0.1, 0.15) is 44.1 Å². The molecule has 1 aliphatic heterocycles. The summed E-state index contributed by atoms with van der Waals surface area (Å²) in [6.45, 7) is 5.50. The first-order valence-corrected chi connectivity index (χ1v) is 12.0. The van der Waals surface area contributed by atoms with E-state index in [-0.39, 0.29) is 30.7 Å². The van der Waals surface area contributed by atoms with Gasteiger partial charge in [-0.3, -0.25) is 4.79 Å². The van der Waals surface area contributed by atoms with Gasteiger partial charge in [0.15, 0.2) is 11.4 Å². The van der Waals surface area contributed by atoms with Gasteiger partial charge in [0.1, 0.15) is 11.7 Å². The molecule has 1 fully saturated rings. The Morgan fingerprint density at radius 3 is 2.83 bits per heavy atom. The standard InChI is InChI=1S/C28H30F2N2O3/c1-3-7-18-9-5-6-10-22(18)23(8-4-2)28-31-24-14-11-19(26(30)27(24)35-28)15-25(34)32-16-20(29)12-13-21(32)17-33/h3,5-7,9-11,14,20-21,33H,1,4,8,12-13,15-17H2,2H3/b18-7-,23-22+. The zero-order chi connectivity index (χ0) is 24.9. The number of hydrogen-bond donors (Lipinski definition) is 1. The number of piperidine rings is 1. The Hall–Kier alpha value is -3.32. The number of aliphatic hydroxyl groups is 1. The summed E-state index contributed by atoms with van der Waals surface area (Å²) in [6, 6.07) is 10.5. The van der Waals surface area contributed by atoms with E-state index in [1.54, 1.807) is 12.1 Å². The average molecular weight is 481 g/mol. The van der Waals surface area contributed by atoms with Gasteiger partial charge in [-0.25, -0.2) is 13.8 Å². The molecule has 2 atom stereocenters. The number of hydrogen-bond acceptors (Lipinski definition) is 4. The van der Waals surface area contributed by atoms with E-state index in [0.717, 1.165) is 22.4 Å². The van der Waals surface area contributed by atoms with Crippen molar-refractivity contribution in [1.29, 1.82) is 0 Å². The first-order valence-electron chi connectivity index (χ1n) is 12.0. The van der Waals surface area contributed by atoms with Crippen LogP contribution in [0.5, 0.6) is 0 Å². The van der Waals surface area contributed by atoms with Crippen LogP contribution in [0.4, 0.5) is 8.78 Å². The van der Waals surface area contributed by atoms with Gasteiger partial charge < -0.3 is 14.4 Å². The molecule has 1 aromatic heterocycles. The molecule has 1 N–H and O–H groups in total. The summed E-state index contributed by atoms with van der Waals surface area (Å²) in [4.78, 5) is 18.8. The van der Waals surface area contributed by atoms with Crippen molar-refractivity contribution in [1.82, 2.24) is 9.88 Å². The van der Waals surface area contributed by atoms with E-state index < -0.39 is 23.9 Å². The lowest BCUT2D eigenvalue weighted by atomic mass is 10.00. The number of alkyl halides is 1. The van der Waals surface area contributed by atoms with Gasteiger partial charge in [-0.15, -0.1) is 0 Å². The smallest absolute Gasteiger partial charge is 0.227 e. The average Bonchev–Trinajstić information content (AvgIpc) is 3.30. The number of likely N-dealkylation sites (tertiary alicyclic amines) is 1. The molecular weight excluding hydrogens is 450 g/mol. The maximum Gasteiger partial charge on any atom is 0.227 e. The van der Waals surface area contributed by atoms with Gasteiger partial charge >= 0.3 is 0 Å². The second-order valence-corrected chi connectivity index (χ2v) is 8.86. The Balaban J connectivity index is 1.73. The normalized spacial score (nSPS) is 19.8. The first kappa shape index (κ1) is 24.8. The maximum atomic E-state index is 15.5. The summed E-state index contributed by atoms with van der Waals surface area (Å²) in [5.74, 6) is -0.729. The summed E-state index contributed by atoms with van der Waals surface area (Å²) in [7, 11) is 0. The van der Waals surface area contributed by atoms with Crippen molar-refractivity contribution in [3.8, 4) is 0 Å². The molecule has 2 aromatic carbocycles. The predicted octanol–water partition coefficient (Wildman–Crippen LogP) is 3.80. The highest BCUT2D eigenvalue weighted by Crippen LogP contribution is 2.27. The molecule has 0 bridgehead atoms. The summed E-state index contributed by atoms with van der Waals surface area (Å²) in [6.07, 6.45) is 4.45. The number of carbonyl (C=O) groups is 1. The van der Waals surface area contributed by atoms with E-state index in [4.69, 9.17) is 4.42 Å². The molecule has 5 nitrogen and oxygen atoms in total. The molecule has 4 rings (SSSR count). The SMILES string of the molecule is C=C/C=c1/cccc/c1=C(/CCC)c1nc2ccc(CC(=O)N3CC(F)CCC3CO)c(F)c2o1. The number of aliphatic hydroxyl groups excluding tert-OH is 1. The number of oxazole rings is 1. The quantitative estimate of drug-likeness (QED) is 0.559. The van der Waals surface area contributed by atoms with Crippen LogP contribution in [0.25, 0.3) is 22.7 Å². The number of halogens is 2. The summed E-state index contributed by atoms with van der Waals surface area (Å²) in [5.41, 5.74) is 1.37. The number of aromatic nitrogens is 1. The van der Waals surface area contributed by atoms with Crippen LogP contribution in [0.3, 0.4) is 0 Å². The van der Waals surface area contributed by atoms with Gasteiger partial charge in [0.05, 0.1) is 25.6 Å². The van der Waals surface area contributed by atoms with E-state index in [2.05, 4.69) is 18.5 Å². The third-order valence-corrected chi connectivity index (χ3v) is 6.44. The van der Waals surface area contributed by atoms with Gasteiger partial charge in [0.2, 0.25) is 11.8 Å². The molecule has 3 aromatic rings. The lowest BCUT2D eigenvalue weighted by Gasteiger charge is -2.36. The van der Waals surface area contributed by atoms with Crippen LogP contribution in [0, 0.1) is 5.82 Å². The third-order valence-electron chi connectivity index (χ3n) is 6.44. The molecule has 0 aliphatic carbocycles. The van der Waals surface area contributed by atoms with Crippen molar-refractivity contribution in [3.63, 3.8) is 0 Å². The molecule has 2 unspecified atom stereocenters. The Morgan fingerprint density at radius 1 is 1.29 bits per heavy atom. The fraction of sp³-hybridized carbons (Fsp3) is 0.357. The number of carbonyl (C=O) groups excluding carboxylic acids is 1. The molecule has 35 heavy (non-hydrogen) atoms. The first-order chi connectivity index (χ1) is 17.0. The minimum absolute atomic E-state index is 0.00944. The van der Waals surface area contributed by atoms with Crippen LogP contribution in [0.15, 0.2) is 53.5 Å². The van der Waals surface area contributed by atoms with Crippen molar-refractivity contribution in [2.45, 2.75) is 51.2 Å². The lowest BCUT2D eigenvalue weighted by molar-refractivity contribution is -0.136. The van der Waals surface area contributed by atoms with Crippen LogP contribution < -0.4 is 10.4 Å². The Kier molecular flexibility index (Phi) is 7.76. The number of allylic oxidation sites excluding steroid dienone is 1. The zero-order valence-corrected chi connectivity index (χ0v) is 19.8. The molecule has 184 valence electrons. The van der Waals surface area contributed by atoms with E-state index >= 15 is 4.39 Å². The monoisotopic (exact) mass is 480 g/mol. The van der Waals surface area contributed by atoms with Crippen molar-refractivity contribution >= 4 is 28.7 Å². The molecule has 0 radical (unpaired) electrons. The minimum atomic E-state index is -1.14. The predicted molar refractivity (Wildman–Crippen MR) is 132 cm³/mol. The van der Waals surface area contributed by atoms with Crippen molar-refractivity contribution in [2.24, 2.45) is 0 Å². The molecule has 2 heterocycles. The molecule has 0 saturated carbocycles. The number of amides is 1. The van der Waals surface area contributed by atoms with Crippen LogP contribution in [-0.4, -0.2) is 46.3 Å². The highest BCUT2D eigenvalue weighted by atomic mass is 19.1. The van der Waals surface area contributed by atoms with E-state index in [1.165, 1.54) is 11.0 Å². The Bertz CT molecular complexity index is 1350. The van der Waals surface area contributed by atoms with Crippen LogP contribution in [-0.2, 0) is 11.2 Å². The van der Waals surface area contributed by atoms with Gasteiger partial charge in [-0.1, -0.05) is 62.4 Å². The molecule has 1 aliphatic rings. The number of benzene rings is 2. The van der Waals surface area contributed by atoms with E-state index in [9.17, 15) is 14.3 Å². The summed E-state index contributed by atoms with van der Waals surface area (Å²) < 4.78 is 35.3. The van der Waals surface area contributed by atoms with Crippen molar-refractivity contribution in [2.75, 3.05) is 13.2 Å². The van der Waals surface area contributed by atoms with Crippen LogP contribution in [0.2, 0.25) is 0 Å². The van der Waals surface area contributed by atoms with E-state index in [1.807, 2.05) is 30.3 Å². The number of rotatable bonds is 7. The topological polar surface area (TPSA) is 66.6 Å². The minimum Gasteiger partial charge on any atom is -0.433 e. The molecule has 1 amide bonds. The summed E-state index contributed by atoms with van der Waals surface area (Å²) >= 11 is 0. The highest BCUT2D eigenvalue weighted by Gasteiger charge is 2.31. The highest BCUT2D eigenvalue weighted by molar-refractivity contribution is 5.82. The Labute approximate surface area is 203 Å². The molecule has 0 spiro atoms. The lowest BCUT2D eigenvalue weighted by Crippen LogP contribution is -2.49. The third kappa shape index (κ3) is 5.20. The largest absolute Gasteiger partial charge is 0.433 e. The number of fused-ring (bicyclic) bond motifs is 1. The van der Waals surface area contributed by atoms with Crippen molar-refractivity contribution in [3.05, 3.63) is 76.8 Å². The number of nitrogens with zero attached hydrogens (tertiary/aromatic N) is 2. The Morgan fingerprint density at radius 2 is 2.09 bits per heavy atom. The second kappa shape index (κ2) is 11.0. The zero-order valence-electron chi connectivity index (χ0n) is 19.8. The molecule has 1 saturated heterocycles. The fourth-order valence-electron chi connectivity index (χ4n) is 4.66. The van der Waals surface area contributed by atoms with Gasteiger partial charge in [-0.2, -0.15) is 0 Å². The van der Waals surface area contributed by atoms with E-state index in [0.29, 0.717) is 30.7 Å². The van der Waals surface area contributed by atoms with Crippen LogP contribution >= 0.6 is 0 Å². The maximum absolute atomic E-state index is 15.5. The summed E-state index contributed by atoms with van der Waals surface area (Å²) in [5, 5.41) is 11.5. The second-order valence-electron chi connectivity index (χ2n) is 8.86. The molecular formula is C28H30F2N2O3. The van der Waals surface area contributed by atoms with Gasteiger partial charge in [-0.05, 0) is 35.8 Å². The fourth-order valence-corrected chi connectivity index (χ4v) is 4.66. The van der Waals surface area contributed by atoms with Gasteiger partial charge in [0.25, 0.3) is 0 Å². The molecule has 7 heteroatoms.